The van der Waals surface area contributed by atoms with E-state index in [4.69, 9.17) is 4.42 Å². The van der Waals surface area contributed by atoms with Crippen molar-refractivity contribution in [1.29, 1.82) is 0 Å². The number of benzene rings is 1. The Morgan fingerprint density at radius 1 is 1.22 bits per heavy atom. The molecule has 1 atom stereocenters. The average molecular weight is 241 g/mol. The van der Waals surface area contributed by atoms with E-state index in [2.05, 4.69) is 37.2 Å². The highest BCUT2D eigenvalue weighted by Crippen LogP contribution is 2.32. The van der Waals surface area contributed by atoms with Crippen LogP contribution in [0.1, 0.15) is 17.5 Å². The molecule has 18 heavy (non-hydrogen) atoms. The number of nitrogens with zero attached hydrogens (tertiary/aromatic N) is 1. The van der Waals surface area contributed by atoms with Gasteiger partial charge in [0.25, 0.3) is 0 Å². The molecule has 0 N–H and O–H groups in total. The second-order valence-corrected chi connectivity index (χ2v) is 5.32. The standard InChI is InChI=1S/C16H19NO/c1-17(2)14-6-7-16-12(10-14)4-3-5-15(16)13-8-9-18-11-13/h3-5,8-9,11,14H,6-7,10H2,1-2H3. The summed E-state index contributed by atoms with van der Waals surface area (Å²) in [5.41, 5.74) is 5.56. The highest BCUT2D eigenvalue weighted by atomic mass is 16.3. The quantitative estimate of drug-likeness (QED) is 0.801. The third kappa shape index (κ3) is 1.97. The van der Waals surface area contributed by atoms with Crippen molar-refractivity contribution in [1.82, 2.24) is 4.90 Å². The molecule has 0 bridgehead atoms. The molecule has 0 aliphatic heterocycles. The SMILES string of the molecule is CN(C)C1CCc2c(cccc2-c2ccoc2)C1. The first-order chi connectivity index (χ1) is 8.75. The molecule has 0 saturated carbocycles. The molecule has 0 saturated heterocycles. The lowest BCUT2D eigenvalue weighted by atomic mass is 9.84. The number of hydrogen-bond donors (Lipinski definition) is 0. The van der Waals surface area contributed by atoms with Gasteiger partial charge in [-0.1, -0.05) is 18.2 Å². The van der Waals surface area contributed by atoms with Gasteiger partial charge in [0.15, 0.2) is 0 Å². The van der Waals surface area contributed by atoms with E-state index >= 15 is 0 Å². The smallest absolute Gasteiger partial charge is 0.0981 e. The van der Waals surface area contributed by atoms with Gasteiger partial charge in [0.2, 0.25) is 0 Å². The van der Waals surface area contributed by atoms with Gasteiger partial charge in [-0.25, -0.2) is 0 Å². The molecular weight excluding hydrogens is 222 g/mol. The molecule has 0 radical (unpaired) electrons. The molecule has 94 valence electrons. The minimum Gasteiger partial charge on any atom is -0.472 e. The maximum Gasteiger partial charge on any atom is 0.0981 e. The number of hydrogen-bond acceptors (Lipinski definition) is 2. The Balaban J connectivity index is 1.99. The lowest BCUT2D eigenvalue weighted by molar-refractivity contribution is 0.268. The van der Waals surface area contributed by atoms with Crippen LogP contribution >= 0.6 is 0 Å². The van der Waals surface area contributed by atoms with Crippen LogP contribution in [0.15, 0.2) is 41.2 Å². The molecular formula is C16H19NO. The van der Waals surface area contributed by atoms with Crippen LogP contribution in [-0.2, 0) is 12.8 Å². The van der Waals surface area contributed by atoms with Crippen molar-refractivity contribution >= 4 is 0 Å². The van der Waals surface area contributed by atoms with Gasteiger partial charge in [-0.2, -0.15) is 0 Å². The van der Waals surface area contributed by atoms with Crippen molar-refractivity contribution in [3.05, 3.63) is 47.9 Å². The largest absolute Gasteiger partial charge is 0.472 e. The second kappa shape index (κ2) is 4.62. The second-order valence-electron chi connectivity index (χ2n) is 5.32. The molecule has 1 heterocycles. The molecule has 1 unspecified atom stereocenters. The molecule has 2 heteroatoms. The molecule has 0 fully saturated rings. The third-order valence-corrected chi connectivity index (χ3v) is 4.02. The number of furan rings is 1. The molecule has 2 aromatic rings. The zero-order valence-corrected chi connectivity index (χ0v) is 11.0. The van der Waals surface area contributed by atoms with E-state index in [1.807, 2.05) is 12.3 Å². The minimum absolute atomic E-state index is 0.678. The van der Waals surface area contributed by atoms with Crippen LogP contribution in [0.25, 0.3) is 11.1 Å². The van der Waals surface area contributed by atoms with Crippen LogP contribution < -0.4 is 0 Å². The molecule has 1 aromatic heterocycles. The first-order valence-electron chi connectivity index (χ1n) is 6.55. The summed E-state index contributed by atoms with van der Waals surface area (Å²) < 4.78 is 5.21. The molecule has 3 rings (SSSR count). The van der Waals surface area contributed by atoms with Gasteiger partial charge in [0.1, 0.15) is 0 Å². The number of fused-ring (bicyclic) bond motifs is 1. The van der Waals surface area contributed by atoms with Crippen LogP contribution in [-0.4, -0.2) is 25.0 Å². The summed E-state index contributed by atoms with van der Waals surface area (Å²) in [4.78, 5) is 2.34. The van der Waals surface area contributed by atoms with Crippen LogP contribution in [0.3, 0.4) is 0 Å². The van der Waals surface area contributed by atoms with Crippen LogP contribution in [0.2, 0.25) is 0 Å². The predicted octanol–water partition coefficient (Wildman–Crippen LogP) is 3.37. The summed E-state index contributed by atoms with van der Waals surface area (Å²) in [6, 6.07) is 9.37. The van der Waals surface area contributed by atoms with E-state index in [9.17, 15) is 0 Å². The molecule has 2 nitrogen and oxygen atoms in total. The van der Waals surface area contributed by atoms with E-state index in [0.717, 1.165) is 6.42 Å². The van der Waals surface area contributed by atoms with Crippen molar-refractivity contribution in [3.8, 4) is 11.1 Å². The number of rotatable bonds is 2. The molecule has 1 aromatic carbocycles. The summed E-state index contributed by atoms with van der Waals surface area (Å²) in [6.07, 6.45) is 7.16. The number of likely N-dealkylation sites (N-methyl/N-ethyl adjacent to an activating group) is 1. The highest BCUT2D eigenvalue weighted by molar-refractivity contribution is 5.68. The lowest BCUT2D eigenvalue weighted by Crippen LogP contribution is -2.33. The van der Waals surface area contributed by atoms with Gasteiger partial charge in [-0.05, 0) is 56.1 Å². The van der Waals surface area contributed by atoms with Crippen LogP contribution in [0, 0.1) is 0 Å². The van der Waals surface area contributed by atoms with Gasteiger partial charge in [-0.3, -0.25) is 0 Å². The van der Waals surface area contributed by atoms with Crippen LogP contribution in [0.5, 0.6) is 0 Å². The highest BCUT2D eigenvalue weighted by Gasteiger charge is 2.22. The van der Waals surface area contributed by atoms with Gasteiger partial charge >= 0.3 is 0 Å². The summed E-state index contributed by atoms with van der Waals surface area (Å²) in [6.45, 7) is 0. The summed E-state index contributed by atoms with van der Waals surface area (Å²) >= 11 is 0. The van der Waals surface area contributed by atoms with Crippen molar-refractivity contribution in [3.63, 3.8) is 0 Å². The summed E-state index contributed by atoms with van der Waals surface area (Å²) in [5, 5.41) is 0. The van der Waals surface area contributed by atoms with Crippen LogP contribution in [0.4, 0.5) is 0 Å². The Kier molecular flexibility index (Phi) is 2.96. The molecule has 1 aliphatic rings. The Labute approximate surface area is 108 Å². The normalized spacial score (nSPS) is 18.9. The van der Waals surface area contributed by atoms with Gasteiger partial charge in [0, 0.05) is 11.6 Å². The van der Waals surface area contributed by atoms with E-state index in [1.54, 1.807) is 6.26 Å². The molecule has 0 amide bonds. The van der Waals surface area contributed by atoms with Crippen molar-refractivity contribution in [2.45, 2.75) is 25.3 Å². The zero-order chi connectivity index (χ0) is 12.5. The predicted molar refractivity (Wildman–Crippen MR) is 73.6 cm³/mol. The topological polar surface area (TPSA) is 16.4 Å². The lowest BCUT2D eigenvalue weighted by Gasteiger charge is -2.30. The fourth-order valence-corrected chi connectivity index (χ4v) is 2.92. The Morgan fingerprint density at radius 3 is 2.83 bits per heavy atom. The summed E-state index contributed by atoms with van der Waals surface area (Å²) in [7, 11) is 4.35. The van der Waals surface area contributed by atoms with E-state index in [-0.39, 0.29) is 0 Å². The van der Waals surface area contributed by atoms with E-state index in [0.29, 0.717) is 6.04 Å². The third-order valence-electron chi connectivity index (χ3n) is 4.02. The van der Waals surface area contributed by atoms with Gasteiger partial charge in [0.05, 0.1) is 12.5 Å². The fourth-order valence-electron chi connectivity index (χ4n) is 2.92. The summed E-state index contributed by atoms with van der Waals surface area (Å²) in [5.74, 6) is 0. The minimum atomic E-state index is 0.678. The maximum absolute atomic E-state index is 5.21. The van der Waals surface area contributed by atoms with E-state index in [1.165, 1.54) is 35.1 Å². The van der Waals surface area contributed by atoms with Gasteiger partial charge in [-0.15, -0.1) is 0 Å². The van der Waals surface area contributed by atoms with Crippen molar-refractivity contribution in [2.24, 2.45) is 0 Å². The average Bonchev–Trinajstić information content (AvgIpc) is 2.91. The Morgan fingerprint density at radius 2 is 2.11 bits per heavy atom. The Bertz CT molecular complexity index is 528. The first kappa shape index (κ1) is 11.5. The molecule has 0 spiro atoms. The first-order valence-corrected chi connectivity index (χ1v) is 6.55. The molecule has 1 aliphatic carbocycles. The monoisotopic (exact) mass is 241 g/mol. The van der Waals surface area contributed by atoms with Crippen molar-refractivity contribution < 1.29 is 4.42 Å². The zero-order valence-electron chi connectivity index (χ0n) is 11.0. The Hall–Kier alpha value is -1.54. The fraction of sp³-hybridized carbons (Fsp3) is 0.375. The van der Waals surface area contributed by atoms with Crippen molar-refractivity contribution in [2.75, 3.05) is 14.1 Å². The maximum atomic E-state index is 5.21. The van der Waals surface area contributed by atoms with E-state index < -0.39 is 0 Å². The van der Waals surface area contributed by atoms with Gasteiger partial charge < -0.3 is 9.32 Å².